The van der Waals surface area contributed by atoms with Crippen molar-refractivity contribution in [3.05, 3.63) is 23.8 Å². The molecule has 0 aromatic heterocycles. The van der Waals surface area contributed by atoms with Crippen LogP contribution in [0.5, 0.6) is 5.75 Å². The summed E-state index contributed by atoms with van der Waals surface area (Å²) in [5, 5.41) is 9.24. The molecular weight excluding hydrogens is 234 g/mol. The molecule has 17 heavy (non-hydrogen) atoms. The van der Waals surface area contributed by atoms with Gasteiger partial charge in [-0.15, -0.1) is 0 Å². The molecule has 1 aromatic carbocycles. The van der Waals surface area contributed by atoms with Crippen LogP contribution in [0.25, 0.3) is 0 Å². The van der Waals surface area contributed by atoms with Crippen molar-refractivity contribution in [1.82, 2.24) is 0 Å². The molecule has 4 nitrogen and oxygen atoms in total. The summed E-state index contributed by atoms with van der Waals surface area (Å²) in [5.74, 6) is -0.418. The molecule has 0 spiro atoms. The number of phenols is 1. The first-order valence-corrected chi connectivity index (χ1v) is 9.26. The largest absolute Gasteiger partial charge is 0.506 e. The van der Waals surface area contributed by atoms with Gasteiger partial charge >= 0.3 is 5.97 Å². The number of nitrogens with two attached hydrogens (primary N) is 1. The molecule has 5 heteroatoms. The van der Waals surface area contributed by atoms with Gasteiger partial charge in [-0.2, -0.15) is 0 Å². The number of nitrogen functional groups attached to an aromatic ring is 1. The van der Waals surface area contributed by atoms with Crippen LogP contribution >= 0.6 is 0 Å². The zero-order valence-electron chi connectivity index (χ0n) is 10.5. The molecular formula is C12H19NO3Si. The molecule has 0 heterocycles. The van der Waals surface area contributed by atoms with E-state index in [1.165, 1.54) is 18.2 Å². The Hall–Kier alpha value is -1.49. The molecule has 0 saturated heterocycles. The van der Waals surface area contributed by atoms with E-state index in [1.807, 2.05) is 0 Å². The van der Waals surface area contributed by atoms with Gasteiger partial charge in [-0.1, -0.05) is 19.6 Å². The topological polar surface area (TPSA) is 72.5 Å². The van der Waals surface area contributed by atoms with Gasteiger partial charge in [-0.25, -0.2) is 4.79 Å². The third kappa shape index (κ3) is 4.48. The number of rotatable bonds is 4. The van der Waals surface area contributed by atoms with Crippen LogP contribution in [0.15, 0.2) is 18.2 Å². The normalized spacial score (nSPS) is 11.2. The maximum Gasteiger partial charge on any atom is 0.338 e. The number of phenolic OH excluding ortho intramolecular Hbond substituents is 1. The number of ether oxygens (including phenoxy) is 1. The predicted molar refractivity (Wildman–Crippen MR) is 71.0 cm³/mol. The van der Waals surface area contributed by atoms with Crippen LogP contribution < -0.4 is 5.73 Å². The van der Waals surface area contributed by atoms with Crippen molar-refractivity contribution in [2.24, 2.45) is 0 Å². The molecule has 0 saturated carbocycles. The molecule has 0 atom stereocenters. The second kappa shape index (κ2) is 5.22. The molecule has 0 bridgehead atoms. The first-order valence-electron chi connectivity index (χ1n) is 5.55. The Morgan fingerprint density at radius 1 is 1.41 bits per heavy atom. The van der Waals surface area contributed by atoms with Gasteiger partial charge in [0.15, 0.2) is 0 Å². The SMILES string of the molecule is C[Si](C)(C)CCOC(=O)c1ccc(O)c(N)c1. The highest BCUT2D eigenvalue weighted by atomic mass is 28.3. The monoisotopic (exact) mass is 253 g/mol. The third-order valence-corrected chi connectivity index (χ3v) is 4.05. The minimum Gasteiger partial charge on any atom is -0.506 e. The molecule has 0 amide bonds. The molecule has 1 aromatic rings. The number of hydrogen-bond donors (Lipinski definition) is 2. The minimum absolute atomic E-state index is 0.0244. The zero-order valence-corrected chi connectivity index (χ0v) is 11.5. The van der Waals surface area contributed by atoms with Crippen LogP contribution in [0, 0.1) is 0 Å². The maximum atomic E-state index is 11.7. The van der Waals surface area contributed by atoms with Gasteiger partial charge in [0.25, 0.3) is 0 Å². The van der Waals surface area contributed by atoms with Gasteiger partial charge < -0.3 is 15.6 Å². The van der Waals surface area contributed by atoms with Crippen molar-refractivity contribution in [3.63, 3.8) is 0 Å². The van der Waals surface area contributed by atoms with E-state index in [1.54, 1.807) is 0 Å². The lowest BCUT2D eigenvalue weighted by atomic mass is 10.2. The van der Waals surface area contributed by atoms with E-state index in [0.29, 0.717) is 12.2 Å². The molecule has 0 aliphatic heterocycles. The highest BCUT2D eigenvalue weighted by Gasteiger charge is 2.15. The quantitative estimate of drug-likeness (QED) is 0.374. The average Bonchev–Trinajstić information content (AvgIpc) is 2.20. The Morgan fingerprint density at radius 3 is 2.59 bits per heavy atom. The lowest BCUT2D eigenvalue weighted by Gasteiger charge is -2.15. The molecule has 3 N–H and O–H groups in total. The summed E-state index contributed by atoms with van der Waals surface area (Å²) in [7, 11) is -1.19. The average molecular weight is 253 g/mol. The van der Waals surface area contributed by atoms with E-state index in [0.717, 1.165) is 6.04 Å². The van der Waals surface area contributed by atoms with E-state index >= 15 is 0 Å². The summed E-state index contributed by atoms with van der Waals surface area (Å²) < 4.78 is 5.16. The summed E-state index contributed by atoms with van der Waals surface area (Å²) in [4.78, 5) is 11.7. The van der Waals surface area contributed by atoms with Crippen molar-refractivity contribution in [1.29, 1.82) is 0 Å². The van der Waals surface area contributed by atoms with Crippen LogP contribution in [-0.4, -0.2) is 25.8 Å². The number of aromatic hydroxyl groups is 1. The molecule has 0 aliphatic rings. The fourth-order valence-corrected chi connectivity index (χ4v) is 1.93. The van der Waals surface area contributed by atoms with E-state index in [4.69, 9.17) is 10.5 Å². The second-order valence-electron chi connectivity index (χ2n) is 5.22. The van der Waals surface area contributed by atoms with E-state index < -0.39 is 14.0 Å². The fourth-order valence-electron chi connectivity index (χ4n) is 1.21. The Balaban J connectivity index is 2.56. The van der Waals surface area contributed by atoms with Gasteiger partial charge in [0.2, 0.25) is 0 Å². The standard InChI is InChI=1S/C12H19NO3Si/c1-17(2,3)7-6-16-12(15)9-4-5-11(14)10(13)8-9/h4-5,8,14H,6-7,13H2,1-3H3. The molecule has 0 unspecified atom stereocenters. The Kier molecular flexibility index (Phi) is 4.17. The Labute approximate surface area is 102 Å². The smallest absolute Gasteiger partial charge is 0.338 e. The summed E-state index contributed by atoms with van der Waals surface area (Å²) in [6.45, 7) is 7.10. The second-order valence-corrected chi connectivity index (χ2v) is 10.8. The number of esters is 1. The third-order valence-electron chi connectivity index (χ3n) is 2.35. The van der Waals surface area contributed by atoms with Gasteiger partial charge in [0.05, 0.1) is 17.9 Å². The van der Waals surface area contributed by atoms with Crippen LogP contribution in [0.1, 0.15) is 10.4 Å². The highest BCUT2D eigenvalue weighted by Crippen LogP contribution is 2.21. The highest BCUT2D eigenvalue weighted by molar-refractivity contribution is 6.76. The minimum atomic E-state index is -1.19. The van der Waals surface area contributed by atoms with Crippen molar-refractivity contribution in [2.45, 2.75) is 25.7 Å². The van der Waals surface area contributed by atoms with Gasteiger partial charge in [0.1, 0.15) is 5.75 Å². The number of carbonyl (C=O) groups excluding carboxylic acids is 1. The number of hydrogen-bond acceptors (Lipinski definition) is 4. The van der Waals surface area contributed by atoms with Crippen molar-refractivity contribution < 1.29 is 14.6 Å². The summed E-state index contributed by atoms with van der Waals surface area (Å²) in [5.41, 5.74) is 6.06. The van der Waals surface area contributed by atoms with Gasteiger partial charge in [-0.05, 0) is 24.2 Å². The van der Waals surface area contributed by atoms with Crippen LogP contribution in [-0.2, 0) is 4.74 Å². The Bertz CT molecular complexity index is 413. The number of carbonyl (C=O) groups is 1. The zero-order chi connectivity index (χ0) is 13.1. The van der Waals surface area contributed by atoms with Gasteiger partial charge in [0, 0.05) is 8.07 Å². The molecule has 0 fully saturated rings. The van der Waals surface area contributed by atoms with Crippen LogP contribution in [0.4, 0.5) is 5.69 Å². The maximum absolute atomic E-state index is 11.7. The van der Waals surface area contributed by atoms with E-state index in [-0.39, 0.29) is 11.4 Å². The van der Waals surface area contributed by atoms with E-state index in [2.05, 4.69) is 19.6 Å². The van der Waals surface area contributed by atoms with Gasteiger partial charge in [-0.3, -0.25) is 0 Å². The summed E-state index contributed by atoms with van der Waals surface area (Å²) >= 11 is 0. The Morgan fingerprint density at radius 2 is 2.06 bits per heavy atom. The van der Waals surface area contributed by atoms with E-state index in [9.17, 15) is 9.90 Å². The van der Waals surface area contributed by atoms with Crippen molar-refractivity contribution in [2.75, 3.05) is 12.3 Å². The predicted octanol–water partition coefficient (Wildman–Crippen LogP) is 2.47. The van der Waals surface area contributed by atoms with Crippen LogP contribution in [0.3, 0.4) is 0 Å². The first-order chi connectivity index (χ1) is 7.79. The number of anilines is 1. The number of benzene rings is 1. The molecule has 0 aliphatic carbocycles. The lowest BCUT2D eigenvalue weighted by molar-refractivity contribution is 0.0525. The van der Waals surface area contributed by atoms with Crippen molar-refractivity contribution >= 4 is 19.7 Å². The summed E-state index contributed by atoms with van der Waals surface area (Å²) in [6, 6.07) is 5.26. The summed E-state index contributed by atoms with van der Waals surface area (Å²) in [6.07, 6.45) is 0. The van der Waals surface area contributed by atoms with Crippen LogP contribution in [0.2, 0.25) is 25.7 Å². The first kappa shape index (κ1) is 13.6. The molecule has 94 valence electrons. The van der Waals surface area contributed by atoms with Crippen molar-refractivity contribution in [3.8, 4) is 5.75 Å². The lowest BCUT2D eigenvalue weighted by Crippen LogP contribution is -2.22. The molecule has 0 radical (unpaired) electrons. The molecule has 1 rings (SSSR count). The fraction of sp³-hybridized carbons (Fsp3) is 0.417.